The average molecular weight is 202 g/mol. The third kappa shape index (κ3) is 3.23. The lowest BCUT2D eigenvalue weighted by Gasteiger charge is -2.15. The Hall–Kier alpha value is -1.04. The normalized spacial score (nSPS) is 12.3. The van der Waals surface area contributed by atoms with Gasteiger partial charge in [0.15, 0.2) is 0 Å². The first-order valence-electron chi connectivity index (χ1n) is 5.76. The van der Waals surface area contributed by atoms with Gasteiger partial charge in [0, 0.05) is 5.92 Å². The van der Waals surface area contributed by atoms with Crippen LogP contribution in [-0.4, -0.2) is 0 Å². The summed E-state index contributed by atoms with van der Waals surface area (Å²) in [6, 6.07) is 6.76. The summed E-state index contributed by atoms with van der Waals surface area (Å²) in [5.74, 6) is 0.579. The molecule has 0 nitrogen and oxygen atoms in total. The van der Waals surface area contributed by atoms with E-state index in [0.29, 0.717) is 5.92 Å². The van der Waals surface area contributed by atoms with Gasteiger partial charge in [0.25, 0.3) is 0 Å². The highest BCUT2D eigenvalue weighted by Gasteiger charge is 2.08. The van der Waals surface area contributed by atoms with Gasteiger partial charge in [-0.25, -0.2) is 0 Å². The van der Waals surface area contributed by atoms with Gasteiger partial charge in [0.05, 0.1) is 0 Å². The molecule has 0 N–H and O–H groups in total. The van der Waals surface area contributed by atoms with E-state index in [1.807, 2.05) is 0 Å². The minimum Gasteiger partial charge on any atom is -0.0798 e. The van der Waals surface area contributed by atoms with Crippen LogP contribution < -0.4 is 0 Å². The molecule has 0 aliphatic heterocycles. The van der Waals surface area contributed by atoms with Crippen LogP contribution in [-0.2, 0) is 0 Å². The van der Waals surface area contributed by atoms with E-state index in [-0.39, 0.29) is 0 Å². The molecule has 82 valence electrons. The lowest BCUT2D eigenvalue weighted by molar-refractivity contribution is 0.791. The zero-order valence-corrected chi connectivity index (χ0v) is 10.6. The molecule has 0 amide bonds. The Bertz CT molecular complexity index is 354. The fourth-order valence-corrected chi connectivity index (χ4v) is 2.07. The molecule has 15 heavy (non-hydrogen) atoms. The standard InChI is InChI=1S/C15H22/c1-6-14(9-11(2)3)15-8-7-12(4)10-13(15)5/h7-10,14H,6H2,1-5H3. The van der Waals surface area contributed by atoms with Crippen LogP contribution in [0.2, 0.25) is 0 Å². The molecule has 0 aliphatic carbocycles. The zero-order chi connectivity index (χ0) is 11.4. The SMILES string of the molecule is CCC(C=C(C)C)c1ccc(C)cc1C. The second-order valence-corrected chi connectivity index (χ2v) is 4.62. The molecule has 1 atom stereocenters. The Balaban J connectivity index is 3.07. The number of allylic oxidation sites excluding steroid dienone is 2. The summed E-state index contributed by atoms with van der Waals surface area (Å²) in [4.78, 5) is 0. The van der Waals surface area contributed by atoms with E-state index in [4.69, 9.17) is 0 Å². The van der Waals surface area contributed by atoms with Gasteiger partial charge in [-0.15, -0.1) is 0 Å². The van der Waals surface area contributed by atoms with Crippen LogP contribution in [0, 0.1) is 13.8 Å². The summed E-state index contributed by atoms with van der Waals surface area (Å²) in [5, 5.41) is 0. The van der Waals surface area contributed by atoms with E-state index in [1.165, 1.54) is 28.7 Å². The van der Waals surface area contributed by atoms with Crippen molar-refractivity contribution in [3.63, 3.8) is 0 Å². The lowest BCUT2D eigenvalue weighted by Crippen LogP contribution is -1.97. The maximum Gasteiger partial charge on any atom is 0.00204 e. The van der Waals surface area contributed by atoms with Crippen molar-refractivity contribution in [2.24, 2.45) is 0 Å². The van der Waals surface area contributed by atoms with Crippen LogP contribution in [0.25, 0.3) is 0 Å². The van der Waals surface area contributed by atoms with Gasteiger partial charge in [-0.2, -0.15) is 0 Å². The number of hydrogen-bond donors (Lipinski definition) is 0. The lowest BCUT2D eigenvalue weighted by atomic mass is 9.90. The van der Waals surface area contributed by atoms with Crippen molar-refractivity contribution in [3.05, 3.63) is 46.5 Å². The van der Waals surface area contributed by atoms with Crippen LogP contribution in [0.4, 0.5) is 0 Å². The van der Waals surface area contributed by atoms with Crippen molar-refractivity contribution < 1.29 is 0 Å². The maximum absolute atomic E-state index is 2.37. The van der Waals surface area contributed by atoms with E-state index >= 15 is 0 Å². The highest BCUT2D eigenvalue weighted by molar-refractivity contribution is 5.35. The first-order chi connectivity index (χ1) is 7.04. The van der Waals surface area contributed by atoms with E-state index in [1.54, 1.807) is 0 Å². The highest BCUT2D eigenvalue weighted by Crippen LogP contribution is 2.26. The molecule has 1 unspecified atom stereocenters. The molecule has 0 saturated heterocycles. The molecule has 1 rings (SSSR count). The summed E-state index contributed by atoms with van der Waals surface area (Å²) >= 11 is 0. The van der Waals surface area contributed by atoms with Gasteiger partial charge in [-0.3, -0.25) is 0 Å². The fourth-order valence-electron chi connectivity index (χ4n) is 2.07. The Kier molecular flexibility index (Phi) is 4.14. The van der Waals surface area contributed by atoms with E-state index in [2.05, 4.69) is 58.9 Å². The maximum atomic E-state index is 2.37. The third-order valence-corrected chi connectivity index (χ3v) is 2.80. The molecule has 0 fully saturated rings. The van der Waals surface area contributed by atoms with Crippen molar-refractivity contribution in [1.82, 2.24) is 0 Å². The summed E-state index contributed by atoms with van der Waals surface area (Å²) in [6.45, 7) is 11.0. The average Bonchev–Trinajstić information content (AvgIpc) is 2.14. The number of rotatable bonds is 3. The molecular formula is C15H22. The number of aryl methyl sites for hydroxylation is 2. The van der Waals surface area contributed by atoms with Crippen LogP contribution in [0.1, 0.15) is 49.8 Å². The first-order valence-corrected chi connectivity index (χ1v) is 5.76. The summed E-state index contributed by atoms with van der Waals surface area (Å²) in [5.41, 5.74) is 5.65. The molecule has 1 aromatic carbocycles. The Morgan fingerprint density at radius 2 is 1.93 bits per heavy atom. The molecular weight excluding hydrogens is 180 g/mol. The van der Waals surface area contributed by atoms with Crippen molar-refractivity contribution >= 4 is 0 Å². The molecule has 0 aromatic heterocycles. The van der Waals surface area contributed by atoms with Gasteiger partial charge >= 0.3 is 0 Å². The summed E-state index contributed by atoms with van der Waals surface area (Å²) in [6.07, 6.45) is 3.55. The quantitative estimate of drug-likeness (QED) is 0.620. The van der Waals surface area contributed by atoms with Gasteiger partial charge in [0.1, 0.15) is 0 Å². The van der Waals surface area contributed by atoms with Crippen LogP contribution in [0.5, 0.6) is 0 Å². The Morgan fingerprint density at radius 3 is 2.40 bits per heavy atom. The minimum absolute atomic E-state index is 0.579. The molecule has 0 radical (unpaired) electrons. The Morgan fingerprint density at radius 1 is 1.27 bits per heavy atom. The van der Waals surface area contributed by atoms with Crippen LogP contribution in [0.3, 0.4) is 0 Å². The fraction of sp³-hybridized carbons (Fsp3) is 0.467. The summed E-state index contributed by atoms with van der Waals surface area (Å²) in [7, 11) is 0. The third-order valence-electron chi connectivity index (χ3n) is 2.80. The van der Waals surface area contributed by atoms with Crippen molar-refractivity contribution in [1.29, 1.82) is 0 Å². The van der Waals surface area contributed by atoms with Gasteiger partial charge in [0.2, 0.25) is 0 Å². The number of hydrogen-bond acceptors (Lipinski definition) is 0. The van der Waals surface area contributed by atoms with Crippen molar-refractivity contribution in [2.75, 3.05) is 0 Å². The van der Waals surface area contributed by atoms with E-state index in [9.17, 15) is 0 Å². The molecule has 0 bridgehead atoms. The molecule has 0 heterocycles. The van der Waals surface area contributed by atoms with Crippen molar-refractivity contribution in [3.8, 4) is 0 Å². The van der Waals surface area contributed by atoms with Crippen LogP contribution >= 0.6 is 0 Å². The van der Waals surface area contributed by atoms with Crippen molar-refractivity contribution in [2.45, 2.75) is 47.0 Å². The predicted molar refractivity (Wildman–Crippen MR) is 68.4 cm³/mol. The molecule has 0 aliphatic rings. The molecule has 0 heteroatoms. The second kappa shape index (κ2) is 5.16. The first kappa shape index (κ1) is 12.0. The van der Waals surface area contributed by atoms with E-state index in [0.717, 1.165) is 0 Å². The molecule has 1 aromatic rings. The molecule has 0 saturated carbocycles. The van der Waals surface area contributed by atoms with E-state index < -0.39 is 0 Å². The second-order valence-electron chi connectivity index (χ2n) is 4.62. The largest absolute Gasteiger partial charge is 0.0798 e. The summed E-state index contributed by atoms with van der Waals surface area (Å²) < 4.78 is 0. The Labute approximate surface area is 94.0 Å². The smallest absolute Gasteiger partial charge is 0.00204 e. The van der Waals surface area contributed by atoms with Crippen LogP contribution in [0.15, 0.2) is 29.8 Å². The predicted octanol–water partition coefficient (Wildman–Crippen LogP) is 4.76. The number of benzene rings is 1. The monoisotopic (exact) mass is 202 g/mol. The highest BCUT2D eigenvalue weighted by atomic mass is 14.1. The van der Waals surface area contributed by atoms with Gasteiger partial charge in [-0.05, 0) is 45.2 Å². The van der Waals surface area contributed by atoms with Gasteiger partial charge < -0.3 is 0 Å². The minimum atomic E-state index is 0.579. The zero-order valence-electron chi connectivity index (χ0n) is 10.6. The molecule has 0 spiro atoms. The topological polar surface area (TPSA) is 0 Å². The van der Waals surface area contributed by atoms with Gasteiger partial charge in [-0.1, -0.05) is 42.3 Å².